The molecule has 0 saturated carbocycles. The van der Waals surface area contributed by atoms with E-state index in [0.717, 1.165) is 0 Å². The second-order valence-corrected chi connectivity index (χ2v) is 5.20. The van der Waals surface area contributed by atoms with E-state index in [-0.39, 0.29) is 4.74 Å². The fourth-order valence-electron chi connectivity index (χ4n) is 1.20. The maximum atomic E-state index is 13.0. The lowest BCUT2D eigenvalue weighted by Crippen LogP contribution is -2.17. The van der Waals surface area contributed by atoms with Crippen LogP contribution in [-0.4, -0.2) is 18.3 Å². The first-order valence-corrected chi connectivity index (χ1v) is 6.04. The molecule has 1 aromatic rings. The van der Waals surface area contributed by atoms with Crippen molar-refractivity contribution in [3.8, 4) is 5.75 Å². The zero-order valence-corrected chi connectivity index (χ0v) is 9.73. The molecule has 0 amide bonds. The highest BCUT2D eigenvalue weighted by molar-refractivity contribution is 9.18. The lowest BCUT2D eigenvalue weighted by molar-refractivity contribution is 0.406. The number of aromatic hydroxyl groups is 1. The molecule has 0 saturated heterocycles. The van der Waals surface area contributed by atoms with Crippen LogP contribution in [0, 0.1) is 11.6 Å². The van der Waals surface area contributed by atoms with Crippen molar-refractivity contribution in [1.29, 1.82) is 0 Å². The number of nitrogens with zero attached hydrogens (tertiary/aromatic N) is 1. The summed E-state index contributed by atoms with van der Waals surface area (Å²) in [5, 5.41) is 11.5. The molecule has 1 aliphatic rings. The summed E-state index contributed by atoms with van der Waals surface area (Å²) in [6.07, 6.45) is 0. The first-order valence-electron chi connectivity index (χ1n) is 3.81. The van der Waals surface area contributed by atoms with Gasteiger partial charge in [-0.15, -0.1) is 4.40 Å². The Morgan fingerprint density at radius 1 is 1.44 bits per heavy atom. The van der Waals surface area contributed by atoms with Gasteiger partial charge in [0.1, 0.15) is 10.6 Å². The van der Waals surface area contributed by atoms with Crippen LogP contribution in [0.3, 0.4) is 0 Å². The monoisotopic (exact) mass is 312 g/mol. The second kappa shape index (κ2) is 3.39. The summed E-state index contributed by atoms with van der Waals surface area (Å²) in [5.74, 6) is -4.09. The number of anilines is 1. The lowest BCUT2D eigenvalue weighted by atomic mass is 10.2. The van der Waals surface area contributed by atoms with Crippen LogP contribution in [0.2, 0.25) is 0 Å². The molecule has 0 aliphatic carbocycles. The van der Waals surface area contributed by atoms with Gasteiger partial charge in [-0.25, -0.2) is 4.39 Å². The Morgan fingerprint density at radius 2 is 2.06 bits per heavy atom. The van der Waals surface area contributed by atoms with Crippen molar-refractivity contribution < 1.29 is 22.3 Å². The van der Waals surface area contributed by atoms with E-state index in [4.69, 9.17) is 0 Å². The second-order valence-electron chi connectivity index (χ2n) is 2.88. The summed E-state index contributed by atoms with van der Waals surface area (Å²) < 4.78 is 51.7. The average Bonchev–Trinajstić information content (AvgIpc) is 2.16. The van der Waals surface area contributed by atoms with E-state index in [1.165, 1.54) is 0 Å². The molecular formula is C7H3BrF2N2O3S. The Morgan fingerprint density at radius 3 is 2.69 bits per heavy atom. The van der Waals surface area contributed by atoms with Gasteiger partial charge in [-0.3, -0.25) is 0 Å². The Kier molecular flexibility index (Phi) is 2.39. The zero-order chi connectivity index (χ0) is 12.1. The first kappa shape index (κ1) is 11.3. The van der Waals surface area contributed by atoms with Gasteiger partial charge in [-0.1, -0.05) is 0 Å². The Bertz CT molecular complexity index is 615. The van der Waals surface area contributed by atoms with Crippen LogP contribution in [-0.2, 0) is 10.0 Å². The summed E-state index contributed by atoms with van der Waals surface area (Å²) in [6.45, 7) is 0. The predicted octanol–water partition coefficient (Wildman–Crippen LogP) is 1.54. The standard InChI is InChI=1S/C7H3BrF2N2O3S/c8-7-11-5-3(16(14,15)12-7)1-2(9)4(10)6(5)13/h1,13H,(H,11,12). The van der Waals surface area contributed by atoms with Crippen molar-refractivity contribution in [2.45, 2.75) is 4.90 Å². The van der Waals surface area contributed by atoms with Gasteiger partial charge in [0.05, 0.1) is 0 Å². The van der Waals surface area contributed by atoms with Crippen molar-refractivity contribution in [2.75, 3.05) is 5.32 Å². The SMILES string of the molecule is O=S1(=O)N=C(Br)Nc2c1cc(F)c(F)c2O. The molecule has 0 radical (unpaired) electrons. The molecule has 2 N–H and O–H groups in total. The van der Waals surface area contributed by atoms with Gasteiger partial charge in [-0.2, -0.15) is 12.8 Å². The van der Waals surface area contributed by atoms with Crippen molar-refractivity contribution in [2.24, 2.45) is 4.40 Å². The lowest BCUT2D eigenvalue weighted by Gasteiger charge is -2.16. The third kappa shape index (κ3) is 1.55. The number of sulfonamides is 1. The molecule has 0 spiro atoms. The Balaban J connectivity index is 2.85. The zero-order valence-electron chi connectivity index (χ0n) is 7.33. The van der Waals surface area contributed by atoms with E-state index in [2.05, 4.69) is 25.6 Å². The Labute approximate surface area is 97.0 Å². The average molecular weight is 313 g/mol. The minimum absolute atomic E-state index is 0.221. The topological polar surface area (TPSA) is 78.8 Å². The summed E-state index contributed by atoms with van der Waals surface area (Å²) in [4.78, 5) is -0.618. The quantitative estimate of drug-likeness (QED) is 0.562. The van der Waals surface area contributed by atoms with Gasteiger partial charge in [-0.05, 0) is 22.0 Å². The molecule has 0 fully saturated rings. The number of phenols is 1. The molecule has 0 unspecified atom stereocenters. The van der Waals surface area contributed by atoms with Crippen LogP contribution in [0.4, 0.5) is 14.5 Å². The minimum Gasteiger partial charge on any atom is -0.503 e. The van der Waals surface area contributed by atoms with Crippen molar-refractivity contribution in [3.05, 3.63) is 17.7 Å². The maximum Gasteiger partial charge on any atom is 0.287 e. The smallest absolute Gasteiger partial charge is 0.287 e. The van der Waals surface area contributed by atoms with Crippen LogP contribution in [0.1, 0.15) is 0 Å². The van der Waals surface area contributed by atoms with E-state index in [9.17, 15) is 22.3 Å². The highest BCUT2D eigenvalue weighted by Crippen LogP contribution is 2.38. The predicted molar refractivity (Wildman–Crippen MR) is 55.2 cm³/mol. The number of rotatable bonds is 0. The van der Waals surface area contributed by atoms with Gasteiger partial charge in [0.2, 0.25) is 5.82 Å². The number of hydrogen-bond donors (Lipinski definition) is 2. The molecule has 16 heavy (non-hydrogen) atoms. The Hall–Kier alpha value is -1.22. The van der Waals surface area contributed by atoms with Crippen LogP contribution >= 0.6 is 15.9 Å². The van der Waals surface area contributed by atoms with Gasteiger partial charge in [0.25, 0.3) is 10.0 Å². The van der Waals surface area contributed by atoms with E-state index in [0.29, 0.717) is 6.07 Å². The molecule has 1 heterocycles. The fourth-order valence-corrected chi connectivity index (χ4v) is 2.98. The molecule has 0 aromatic heterocycles. The molecule has 0 bridgehead atoms. The van der Waals surface area contributed by atoms with E-state index < -0.39 is 38.0 Å². The number of amidine groups is 1. The van der Waals surface area contributed by atoms with Crippen molar-refractivity contribution in [1.82, 2.24) is 0 Å². The molecule has 1 aromatic carbocycles. The highest BCUT2D eigenvalue weighted by Gasteiger charge is 2.30. The molecular weight excluding hydrogens is 310 g/mol. The number of nitrogens with one attached hydrogen (secondary N) is 1. The molecule has 5 nitrogen and oxygen atoms in total. The normalized spacial score (nSPS) is 17.3. The van der Waals surface area contributed by atoms with Crippen molar-refractivity contribution in [3.63, 3.8) is 0 Å². The molecule has 86 valence electrons. The number of hydrogen-bond acceptors (Lipinski definition) is 4. The third-order valence-electron chi connectivity index (χ3n) is 1.86. The van der Waals surface area contributed by atoms with E-state index >= 15 is 0 Å². The summed E-state index contributed by atoms with van der Waals surface area (Å²) in [5.41, 5.74) is -0.444. The van der Waals surface area contributed by atoms with Gasteiger partial charge >= 0.3 is 0 Å². The number of halogens is 3. The largest absolute Gasteiger partial charge is 0.503 e. The molecule has 0 atom stereocenters. The van der Waals surface area contributed by atoms with Crippen LogP contribution in [0.15, 0.2) is 15.4 Å². The van der Waals surface area contributed by atoms with Gasteiger partial charge in [0, 0.05) is 0 Å². The minimum atomic E-state index is -4.14. The number of benzene rings is 1. The number of fused-ring (bicyclic) bond motifs is 1. The van der Waals surface area contributed by atoms with Crippen LogP contribution in [0.25, 0.3) is 0 Å². The summed E-state index contributed by atoms with van der Waals surface area (Å²) >= 11 is 2.74. The number of phenolic OH excluding ortho intramolecular Hbond substituents is 1. The van der Waals surface area contributed by atoms with E-state index in [1.54, 1.807) is 0 Å². The van der Waals surface area contributed by atoms with Crippen molar-refractivity contribution >= 4 is 36.4 Å². The first-order chi connectivity index (χ1) is 7.33. The van der Waals surface area contributed by atoms with E-state index in [1.807, 2.05) is 0 Å². The molecule has 9 heteroatoms. The molecule has 1 aliphatic heterocycles. The maximum absolute atomic E-state index is 13.0. The summed E-state index contributed by atoms with van der Waals surface area (Å²) in [6, 6.07) is 0.454. The van der Waals surface area contributed by atoms with Gasteiger partial charge < -0.3 is 10.4 Å². The van der Waals surface area contributed by atoms with Gasteiger partial charge in [0.15, 0.2) is 16.3 Å². The third-order valence-corrected chi connectivity index (χ3v) is 3.78. The highest BCUT2D eigenvalue weighted by atomic mass is 79.9. The molecule has 2 rings (SSSR count). The summed E-state index contributed by atoms with van der Waals surface area (Å²) in [7, 11) is -4.14. The van der Waals surface area contributed by atoms with Crippen LogP contribution < -0.4 is 5.32 Å². The fraction of sp³-hybridized carbons (Fsp3) is 0. The van der Waals surface area contributed by atoms with Crippen LogP contribution in [0.5, 0.6) is 5.75 Å².